The minimum atomic E-state index is -2.46. The third-order valence-corrected chi connectivity index (χ3v) is 3.69. The third kappa shape index (κ3) is 4.24. The van der Waals surface area contributed by atoms with Crippen molar-refractivity contribution in [2.45, 2.75) is 31.7 Å². The fraction of sp³-hybridized carbons (Fsp3) is 0.889. The average Bonchev–Trinajstić information content (AvgIpc) is 2.71. The predicted molar refractivity (Wildman–Crippen MR) is 55.6 cm³/mol. The van der Waals surface area contributed by atoms with E-state index in [9.17, 15) is 13.6 Å². The van der Waals surface area contributed by atoms with Crippen molar-refractivity contribution in [3.63, 3.8) is 0 Å². The molecule has 1 unspecified atom stereocenters. The first-order chi connectivity index (χ1) is 6.95. The molecule has 1 aliphatic carbocycles. The standard InChI is InChI=1S/C9H15F2NO2S/c1-2-7(12-8(13)14)5-15-4-6-3-9(6,10)11/h6-7,12H,2-5H2,1H3,(H,13,14)/t6?,7-/m1/s1. The van der Waals surface area contributed by atoms with Crippen LogP contribution < -0.4 is 5.32 Å². The molecule has 0 heterocycles. The molecule has 0 aliphatic heterocycles. The van der Waals surface area contributed by atoms with Crippen LogP contribution in [0, 0.1) is 5.92 Å². The Labute approximate surface area is 91.6 Å². The van der Waals surface area contributed by atoms with Gasteiger partial charge in [0.15, 0.2) is 0 Å². The summed E-state index contributed by atoms with van der Waals surface area (Å²) >= 11 is 1.39. The minimum Gasteiger partial charge on any atom is -0.465 e. The smallest absolute Gasteiger partial charge is 0.404 e. The summed E-state index contributed by atoms with van der Waals surface area (Å²) in [7, 11) is 0. The highest BCUT2D eigenvalue weighted by atomic mass is 32.2. The Morgan fingerprint density at radius 2 is 2.33 bits per heavy atom. The Kier molecular flexibility index (Phi) is 4.19. The number of hydrogen-bond acceptors (Lipinski definition) is 2. The zero-order chi connectivity index (χ0) is 11.5. The molecule has 0 radical (unpaired) electrons. The highest BCUT2D eigenvalue weighted by molar-refractivity contribution is 7.99. The number of amides is 1. The molecule has 2 atom stereocenters. The van der Waals surface area contributed by atoms with Crippen LogP contribution in [0.5, 0.6) is 0 Å². The predicted octanol–water partition coefficient (Wildman–Crippen LogP) is 2.42. The zero-order valence-electron chi connectivity index (χ0n) is 8.50. The molecule has 1 saturated carbocycles. The number of carbonyl (C=O) groups is 1. The van der Waals surface area contributed by atoms with Crippen molar-refractivity contribution in [2.24, 2.45) is 5.92 Å². The Bertz CT molecular complexity index is 238. The molecule has 0 bridgehead atoms. The highest BCUT2D eigenvalue weighted by Gasteiger charge is 2.56. The lowest BCUT2D eigenvalue weighted by atomic mass is 10.3. The number of thioether (sulfide) groups is 1. The number of hydrogen-bond donors (Lipinski definition) is 2. The van der Waals surface area contributed by atoms with E-state index >= 15 is 0 Å². The SMILES string of the molecule is CC[C@H](CSCC1CC1(F)F)NC(=O)O. The monoisotopic (exact) mass is 239 g/mol. The van der Waals surface area contributed by atoms with Gasteiger partial charge in [0.1, 0.15) is 0 Å². The maximum atomic E-state index is 12.5. The molecule has 0 aromatic rings. The number of halogens is 2. The third-order valence-electron chi connectivity index (χ3n) is 2.41. The van der Waals surface area contributed by atoms with Gasteiger partial charge in [-0.3, -0.25) is 0 Å². The van der Waals surface area contributed by atoms with Gasteiger partial charge in [0.2, 0.25) is 0 Å². The quantitative estimate of drug-likeness (QED) is 0.748. The van der Waals surface area contributed by atoms with Crippen molar-refractivity contribution < 1.29 is 18.7 Å². The van der Waals surface area contributed by atoms with Crippen LogP contribution in [0.3, 0.4) is 0 Å². The van der Waals surface area contributed by atoms with E-state index in [1.807, 2.05) is 6.92 Å². The lowest BCUT2D eigenvalue weighted by Crippen LogP contribution is -2.35. The van der Waals surface area contributed by atoms with Crippen molar-refractivity contribution in [3.8, 4) is 0 Å². The van der Waals surface area contributed by atoms with Crippen LogP contribution in [0.25, 0.3) is 0 Å². The minimum absolute atomic E-state index is 0.0108. The molecule has 0 aromatic carbocycles. The molecule has 0 aromatic heterocycles. The molecule has 1 rings (SSSR count). The first-order valence-electron chi connectivity index (χ1n) is 4.90. The number of alkyl halides is 2. The summed E-state index contributed by atoms with van der Waals surface area (Å²) in [5.74, 6) is -1.97. The van der Waals surface area contributed by atoms with Crippen LogP contribution in [-0.2, 0) is 0 Å². The van der Waals surface area contributed by atoms with E-state index < -0.39 is 17.9 Å². The lowest BCUT2D eigenvalue weighted by Gasteiger charge is -2.13. The van der Waals surface area contributed by atoms with Crippen LogP contribution in [0.1, 0.15) is 19.8 Å². The summed E-state index contributed by atoms with van der Waals surface area (Å²) in [6.07, 6.45) is -0.386. The van der Waals surface area contributed by atoms with Crippen molar-refractivity contribution in [1.82, 2.24) is 5.32 Å². The van der Waals surface area contributed by atoms with Crippen molar-refractivity contribution in [1.29, 1.82) is 0 Å². The van der Waals surface area contributed by atoms with Crippen molar-refractivity contribution >= 4 is 17.9 Å². The maximum Gasteiger partial charge on any atom is 0.404 e. The van der Waals surface area contributed by atoms with Gasteiger partial charge in [-0.15, -0.1) is 0 Å². The summed E-state index contributed by atoms with van der Waals surface area (Å²) in [6.45, 7) is 1.87. The summed E-state index contributed by atoms with van der Waals surface area (Å²) < 4.78 is 25.0. The molecule has 15 heavy (non-hydrogen) atoms. The zero-order valence-corrected chi connectivity index (χ0v) is 9.32. The van der Waals surface area contributed by atoms with E-state index in [1.54, 1.807) is 0 Å². The Balaban J connectivity index is 2.10. The first kappa shape index (κ1) is 12.5. The molecule has 1 fully saturated rings. The number of nitrogens with one attached hydrogen (secondary N) is 1. The molecular weight excluding hydrogens is 224 g/mol. The molecule has 3 nitrogen and oxygen atoms in total. The van der Waals surface area contributed by atoms with E-state index in [-0.39, 0.29) is 12.5 Å². The van der Waals surface area contributed by atoms with Gasteiger partial charge in [-0.25, -0.2) is 13.6 Å². The van der Waals surface area contributed by atoms with E-state index in [4.69, 9.17) is 5.11 Å². The van der Waals surface area contributed by atoms with Gasteiger partial charge in [0.05, 0.1) is 0 Å². The van der Waals surface area contributed by atoms with Gasteiger partial charge >= 0.3 is 6.09 Å². The van der Waals surface area contributed by atoms with Crippen LogP contribution >= 0.6 is 11.8 Å². The number of carboxylic acid groups (broad SMARTS) is 1. The molecule has 0 saturated heterocycles. The Morgan fingerprint density at radius 1 is 1.73 bits per heavy atom. The van der Waals surface area contributed by atoms with Gasteiger partial charge in [-0.1, -0.05) is 6.92 Å². The normalized spacial score (nSPS) is 24.6. The molecule has 6 heteroatoms. The van der Waals surface area contributed by atoms with Crippen LogP contribution in [0.4, 0.5) is 13.6 Å². The van der Waals surface area contributed by atoms with E-state index in [0.717, 1.165) is 0 Å². The van der Waals surface area contributed by atoms with E-state index in [1.165, 1.54) is 11.8 Å². The van der Waals surface area contributed by atoms with Crippen molar-refractivity contribution in [3.05, 3.63) is 0 Å². The van der Waals surface area contributed by atoms with E-state index in [2.05, 4.69) is 5.32 Å². The molecule has 1 amide bonds. The van der Waals surface area contributed by atoms with Crippen LogP contribution in [0.2, 0.25) is 0 Å². The molecule has 88 valence electrons. The molecule has 2 N–H and O–H groups in total. The average molecular weight is 239 g/mol. The fourth-order valence-corrected chi connectivity index (χ4v) is 2.63. The van der Waals surface area contributed by atoms with Crippen LogP contribution in [-0.4, -0.2) is 34.7 Å². The fourth-order valence-electron chi connectivity index (χ4n) is 1.24. The molecule has 1 aliphatic rings. The largest absolute Gasteiger partial charge is 0.465 e. The van der Waals surface area contributed by atoms with Crippen LogP contribution in [0.15, 0.2) is 0 Å². The van der Waals surface area contributed by atoms with Gasteiger partial charge < -0.3 is 10.4 Å². The van der Waals surface area contributed by atoms with Gasteiger partial charge in [0, 0.05) is 29.9 Å². The number of rotatable bonds is 6. The van der Waals surface area contributed by atoms with Gasteiger partial charge in [-0.05, 0) is 6.42 Å². The second-order valence-corrected chi connectivity index (χ2v) is 4.83. The summed E-state index contributed by atoms with van der Waals surface area (Å²) in [5.41, 5.74) is 0. The van der Waals surface area contributed by atoms with Gasteiger partial charge in [-0.2, -0.15) is 11.8 Å². The Hall–Kier alpha value is -0.520. The maximum absolute atomic E-state index is 12.5. The second-order valence-electron chi connectivity index (χ2n) is 3.75. The van der Waals surface area contributed by atoms with E-state index in [0.29, 0.717) is 17.9 Å². The summed E-state index contributed by atoms with van der Waals surface area (Å²) in [4.78, 5) is 10.3. The highest BCUT2D eigenvalue weighted by Crippen LogP contribution is 2.50. The summed E-state index contributed by atoms with van der Waals surface area (Å²) in [5, 5.41) is 10.8. The lowest BCUT2D eigenvalue weighted by molar-refractivity contribution is 0.103. The second kappa shape index (κ2) is 5.01. The van der Waals surface area contributed by atoms with Gasteiger partial charge in [0.25, 0.3) is 5.92 Å². The summed E-state index contributed by atoms with van der Waals surface area (Å²) in [6, 6.07) is -0.139. The first-order valence-corrected chi connectivity index (χ1v) is 6.06. The topological polar surface area (TPSA) is 49.3 Å². The van der Waals surface area contributed by atoms with Crippen molar-refractivity contribution in [2.75, 3.05) is 11.5 Å². The molecule has 0 spiro atoms. The Morgan fingerprint density at radius 3 is 2.73 bits per heavy atom. The molecular formula is C9H15F2NO2S.